The molecule has 1 atom stereocenters. The summed E-state index contributed by atoms with van der Waals surface area (Å²) in [6, 6.07) is 2.52. The van der Waals surface area contributed by atoms with Crippen LogP contribution in [0.2, 0.25) is 5.02 Å². The molecule has 0 aliphatic heterocycles. The van der Waals surface area contributed by atoms with Crippen LogP contribution in [0.15, 0.2) is 30.9 Å². The van der Waals surface area contributed by atoms with Crippen LogP contribution in [0.25, 0.3) is 0 Å². The smallest absolute Gasteiger partial charge is 0.358 e. The monoisotopic (exact) mass is 348 g/mol. The molecule has 124 valence electrons. The first kappa shape index (κ1) is 17.2. The molecule has 1 heterocycles. The number of aromatic nitrogens is 3. The van der Waals surface area contributed by atoms with Gasteiger partial charge >= 0.3 is 5.92 Å². The molecule has 0 spiro atoms. The molecule has 0 aliphatic carbocycles. The van der Waals surface area contributed by atoms with Gasteiger partial charge in [-0.1, -0.05) is 17.7 Å². The maximum Gasteiger partial charge on any atom is 0.358 e. The molecular weight excluding hydrogens is 337 g/mol. The highest BCUT2D eigenvalue weighted by molar-refractivity contribution is 6.31. The number of alkyl halides is 2. The number of carbonyl (C=O) groups excluding carboxylic acids is 1. The van der Waals surface area contributed by atoms with Crippen LogP contribution in [0.3, 0.4) is 0 Å². The van der Waals surface area contributed by atoms with E-state index >= 15 is 0 Å². The van der Waals surface area contributed by atoms with Gasteiger partial charge in [-0.15, -0.1) is 0 Å². The first-order valence-electron chi connectivity index (χ1n) is 6.32. The van der Waals surface area contributed by atoms with Crippen LogP contribution in [0.5, 0.6) is 0 Å². The second-order valence-electron chi connectivity index (χ2n) is 4.73. The highest BCUT2D eigenvalue weighted by atomic mass is 35.5. The molecule has 1 aromatic carbocycles. The maximum absolute atomic E-state index is 14.5. The minimum Gasteiger partial charge on any atom is -0.377 e. The van der Waals surface area contributed by atoms with E-state index in [0.29, 0.717) is 0 Å². The largest absolute Gasteiger partial charge is 0.377 e. The van der Waals surface area contributed by atoms with Gasteiger partial charge in [0.05, 0.1) is 6.54 Å². The fourth-order valence-electron chi connectivity index (χ4n) is 2.07. The first-order valence-corrected chi connectivity index (χ1v) is 6.70. The molecule has 2 rings (SSSR count). The Morgan fingerprint density at radius 1 is 1.48 bits per heavy atom. The molecule has 1 aromatic heterocycles. The summed E-state index contributed by atoms with van der Waals surface area (Å²) in [5, 5.41) is 15.6. The van der Waals surface area contributed by atoms with Crippen molar-refractivity contribution in [2.45, 2.75) is 18.1 Å². The van der Waals surface area contributed by atoms with E-state index in [1.165, 1.54) is 0 Å². The Hall–Kier alpha value is -2.13. The molecule has 2 aromatic rings. The van der Waals surface area contributed by atoms with Crippen molar-refractivity contribution in [3.8, 4) is 0 Å². The maximum atomic E-state index is 14.5. The van der Waals surface area contributed by atoms with E-state index in [2.05, 4.69) is 10.1 Å². The van der Waals surface area contributed by atoms with Gasteiger partial charge in [-0.3, -0.25) is 4.79 Å². The van der Waals surface area contributed by atoms with Gasteiger partial charge < -0.3 is 10.4 Å². The summed E-state index contributed by atoms with van der Waals surface area (Å²) in [6.07, 6.45) is 2.16. The Balaban J connectivity index is 2.61. The Morgan fingerprint density at radius 3 is 2.70 bits per heavy atom. The number of nitrogens with one attached hydrogen (secondary N) is 1. The molecule has 1 amide bonds. The van der Waals surface area contributed by atoms with Crippen LogP contribution in [-0.4, -0.2) is 38.7 Å². The Kier molecular flexibility index (Phi) is 4.62. The van der Waals surface area contributed by atoms with Gasteiger partial charge in [0.15, 0.2) is 5.60 Å². The summed E-state index contributed by atoms with van der Waals surface area (Å²) in [5.41, 5.74) is -3.57. The van der Waals surface area contributed by atoms with Crippen LogP contribution >= 0.6 is 11.6 Å². The van der Waals surface area contributed by atoms with E-state index in [1.807, 2.05) is 0 Å². The fourth-order valence-corrected chi connectivity index (χ4v) is 2.40. The third kappa shape index (κ3) is 3.02. The van der Waals surface area contributed by atoms with Crippen LogP contribution in [0.4, 0.5) is 13.2 Å². The Labute approximate surface area is 133 Å². The lowest BCUT2D eigenvalue weighted by atomic mass is 9.86. The molecule has 1 unspecified atom stereocenters. The third-order valence-corrected chi connectivity index (χ3v) is 3.58. The zero-order chi connectivity index (χ0) is 17.3. The van der Waals surface area contributed by atoms with Gasteiger partial charge in [0, 0.05) is 17.6 Å². The zero-order valence-electron chi connectivity index (χ0n) is 11.8. The van der Waals surface area contributed by atoms with Crippen molar-refractivity contribution < 1.29 is 23.1 Å². The van der Waals surface area contributed by atoms with E-state index in [0.717, 1.165) is 42.6 Å². The molecule has 2 N–H and O–H groups in total. The SMILES string of the molecule is CNC(=O)C(F)(F)C(O)(Cn1cncn1)c1ccc(F)cc1Cl. The lowest BCUT2D eigenvalue weighted by Crippen LogP contribution is -2.56. The van der Waals surface area contributed by atoms with E-state index in [9.17, 15) is 23.1 Å². The van der Waals surface area contributed by atoms with E-state index < -0.39 is 40.4 Å². The summed E-state index contributed by atoms with van der Waals surface area (Å²) >= 11 is 5.80. The number of halogens is 4. The first-order chi connectivity index (χ1) is 10.7. The lowest BCUT2D eigenvalue weighted by molar-refractivity contribution is -0.201. The second-order valence-corrected chi connectivity index (χ2v) is 5.14. The van der Waals surface area contributed by atoms with Crippen LogP contribution in [0, 0.1) is 5.82 Å². The third-order valence-electron chi connectivity index (χ3n) is 3.27. The highest BCUT2D eigenvalue weighted by Crippen LogP contribution is 2.42. The molecule has 0 saturated carbocycles. The molecule has 0 fully saturated rings. The quantitative estimate of drug-likeness (QED) is 0.854. The summed E-state index contributed by atoms with van der Waals surface area (Å²) in [7, 11) is 0.998. The normalized spacial score (nSPS) is 14.3. The number of hydrogen-bond acceptors (Lipinski definition) is 4. The van der Waals surface area contributed by atoms with Crippen molar-refractivity contribution in [1.82, 2.24) is 20.1 Å². The highest BCUT2D eigenvalue weighted by Gasteiger charge is 2.60. The number of amides is 1. The van der Waals surface area contributed by atoms with Gasteiger partial charge in [-0.05, 0) is 12.1 Å². The van der Waals surface area contributed by atoms with Crippen molar-refractivity contribution in [2.24, 2.45) is 0 Å². The van der Waals surface area contributed by atoms with Gasteiger partial charge in [0.1, 0.15) is 18.5 Å². The molecular formula is C13H12ClF3N4O2. The summed E-state index contributed by atoms with van der Waals surface area (Å²) in [6.45, 7) is -0.821. The predicted octanol–water partition coefficient (Wildman–Crippen LogP) is 1.34. The molecule has 0 bridgehead atoms. The lowest BCUT2D eigenvalue weighted by Gasteiger charge is -2.35. The summed E-state index contributed by atoms with van der Waals surface area (Å²) < 4.78 is 43.2. The predicted molar refractivity (Wildman–Crippen MR) is 74.3 cm³/mol. The topological polar surface area (TPSA) is 80.0 Å². The fraction of sp³-hybridized carbons (Fsp3) is 0.308. The van der Waals surface area contributed by atoms with Crippen molar-refractivity contribution in [3.63, 3.8) is 0 Å². The van der Waals surface area contributed by atoms with Crippen molar-refractivity contribution in [3.05, 3.63) is 47.3 Å². The van der Waals surface area contributed by atoms with E-state index in [4.69, 9.17) is 11.6 Å². The summed E-state index contributed by atoms with van der Waals surface area (Å²) in [5.74, 6) is -6.76. The number of benzene rings is 1. The summed E-state index contributed by atoms with van der Waals surface area (Å²) in [4.78, 5) is 15.2. The number of hydrogen-bond donors (Lipinski definition) is 2. The van der Waals surface area contributed by atoms with Gasteiger partial charge in [0.25, 0.3) is 5.91 Å². The van der Waals surface area contributed by atoms with Crippen LogP contribution in [0.1, 0.15) is 5.56 Å². The standard InChI is InChI=1S/C13H12ClF3N4O2/c1-18-11(22)13(16,17)12(23,5-21-7-19-6-20-21)9-3-2-8(15)4-10(9)14/h2-4,6-7,23H,5H2,1H3,(H,18,22). The van der Waals surface area contributed by atoms with Gasteiger partial charge in [-0.2, -0.15) is 13.9 Å². The molecule has 0 aliphatic rings. The number of nitrogens with zero attached hydrogens (tertiary/aromatic N) is 3. The zero-order valence-corrected chi connectivity index (χ0v) is 12.6. The molecule has 10 heteroatoms. The molecule has 6 nitrogen and oxygen atoms in total. The molecule has 23 heavy (non-hydrogen) atoms. The van der Waals surface area contributed by atoms with Crippen LogP contribution < -0.4 is 5.32 Å². The van der Waals surface area contributed by atoms with Crippen molar-refractivity contribution >= 4 is 17.5 Å². The Morgan fingerprint density at radius 2 is 2.17 bits per heavy atom. The van der Waals surface area contributed by atoms with Crippen molar-refractivity contribution in [2.75, 3.05) is 7.05 Å². The second kappa shape index (κ2) is 6.17. The van der Waals surface area contributed by atoms with Crippen LogP contribution in [-0.2, 0) is 16.9 Å². The van der Waals surface area contributed by atoms with E-state index in [1.54, 1.807) is 5.32 Å². The Bertz CT molecular complexity index is 711. The van der Waals surface area contributed by atoms with Crippen molar-refractivity contribution in [1.29, 1.82) is 0 Å². The van der Waals surface area contributed by atoms with Gasteiger partial charge in [-0.25, -0.2) is 14.1 Å². The average molecular weight is 349 g/mol. The minimum atomic E-state index is -4.27. The van der Waals surface area contributed by atoms with E-state index in [-0.39, 0.29) is 0 Å². The number of aliphatic hydroxyl groups is 1. The van der Waals surface area contributed by atoms with Gasteiger partial charge in [0.2, 0.25) is 0 Å². The number of carbonyl (C=O) groups is 1. The average Bonchev–Trinajstić information content (AvgIpc) is 2.98. The number of rotatable bonds is 5. The minimum absolute atomic E-state index is 0.448. The molecule has 0 saturated heterocycles. The molecule has 0 radical (unpaired) electrons.